The molecule has 1 heterocycles. The van der Waals surface area contributed by atoms with Gasteiger partial charge in [0, 0.05) is 5.70 Å². The third-order valence-electron chi connectivity index (χ3n) is 5.05. The summed E-state index contributed by atoms with van der Waals surface area (Å²) < 4.78 is 31.1. The molecule has 2 aromatic rings. The third-order valence-corrected chi connectivity index (χ3v) is 6.71. The first-order valence-electron chi connectivity index (χ1n) is 10.1. The molecule has 8 nitrogen and oxygen atoms in total. The number of urea groups is 1. The van der Waals surface area contributed by atoms with Gasteiger partial charge in [0.1, 0.15) is 5.75 Å². The number of carbonyl (C=O) groups excluding carboxylic acids is 2. The van der Waals surface area contributed by atoms with E-state index in [-0.39, 0.29) is 21.9 Å². The lowest BCUT2D eigenvalue weighted by atomic mass is 9.95. The Bertz CT molecular complexity index is 1140. The van der Waals surface area contributed by atoms with E-state index in [2.05, 4.69) is 24.5 Å². The minimum absolute atomic E-state index is 0.0151. The van der Waals surface area contributed by atoms with Crippen LogP contribution in [0.3, 0.4) is 0 Å². The molecule has 0 aromatic heterocycles. The zero-order valence-electron chi connectivity index (χ0n) is 18.1. The predicted molar refractivity (Wildman–Crippen MR) is 119 cm³/mol. The maximum absolute atomic E-state index is 13.1. The van der Waals surface area contributed by atoms with Gasteiger partial charge in [0.25, 0.3) is 0 Å². The number of methoxy groups -OCH3 is 1. The van der Waals surface area contributed by atoms with E-state index in [1.807, 2.05) is 0 Å². The van der Waals surface area contributed by atoms with Gasteiger partial charge in [-0.2, -0.15) is 0 Å². The normalized spacial score (nSPS) is 16.5. The number of benzene rings is 2. The summed E-state index contributed by atoms with van der Waals surface area (Å²) in [6, 6.07) is 10.9. The molecule has 3 rings (SSSR count). The molecule has 0 spiro atoms. The molecule has 3 N–H and O–H groups in total. The highest BCUT2D eigenvalue weighted by atomic mass is 32.2. The fourth-order valence-corrected chi connectivity index (χ4v) is 4.90. The van der Waals surface area contributed by atoms with Gasteiger partial charge in [0.15, 0.2) is 9.84 Å². The van der Waals surface area contributed by atoms with Gasteiger partial charge in [0.2, 0.25) is 0 Å². The lowest BCUT2D eigenvalue weighted by Crippen LogP contribution is -2.47. The summed E-state index contributed by atoms with van der Waals surface area (Å²) in [5.74, 6) is -0.899. The Morgan fingerprint density at radius 2 is 1.72 bits per heavy atom. The van der Waals surface area contributed by atoms with Gasteiger partial charge in [-0.15, -0.1) is 0 Å². The summed E-state index contributed by atoms with van der Waals surface area (Å²) in [6.45, 7) is 4.16. The Balaban J connectivity index is 2.00. The topological polar surface area (TPSA) is 122 Å². The molecule has 0 radical (unpaired) electrons. The minimum Gasteiger partial charge on any atom is -0.508 e. The summed E-state index contributed by atoms with van der Waals surface area (Å²) in [7, 11) is -2.68. The Morgan fingerprint density at radius 3 is 2.28 bits per heavy atom. The number of ether oxygens (including phenoxy) is 1. The largest absolute Gasteiger partial charge is 0.508 e. The van der Waals surface area contributed by atoms with Crippen LogP contribution in [0.4, 0.5) is 4.79 Å². The molecule has 2 aromatic carbocycles. The zero-order valence-corrected chi connectivity index (χ0v) is 18.9. The molecule has 9 heteroatoms. The molecule has 0 fully saturated rings. The van der Waals surface area contributed by atoms with E-state index in [0.717, 1.165) is 12.0 Å². The van der Waals surface area contributed by atoms with Crippen LogP contribution in [0.5, 0.6) is 5.75 Å². The molecule has 170 valence electrons. The van der Waals surface area contributed by atoms with Gasteiger partial charge in [-0.25, -0.2) is 18.0 Å². The van der Waals surface area contributed by atoms with Crippen molar-refractivity contribution in [3.05, 3.63) is 70.9 Å². The van der Waals surface area contributed by atoms with Crippen molar-refractivity contribution in [2.24, 2.45) is 5.92 Å². The van der Waals surface area contributed by atoms with Crippen molar-refractivity contribution >= 4 is 21.8 Å². The second-order valence-electron chi connectivity index (χ2n) is 8.01. The molecule has 1 aliphatic rings. The standard InChI is InChI=1S/C23H26N2O6S/c1-14(2)12-15-4-10-18(11-5-15)32(29,30)13-19-20(22(27)31-3)21(25-23(28)24-19)16-6-8-17(26)9-7-16/h4-11,14,21,26H,12-13H2,1-3H3,(H2,24,25,28)/t21-/m0/s1. The highest BCUT2D eigenvalue weighted by Crippen LogP contribution is 2.30. The van der Waals surface area contributed by atoms with E-state index < -0.39 is 33.6 Å². The molecule has 0 aliphatic carbocycles. The number of amides is 2. The molecular weight excluding hydrogens is 432 g/mol. The minimum atomic E-state index is -3.86. The first-order valence-corrected chi connectivity index (χ1v) is 11.8. The van der Waals surface area contributed by atoms with E-state index in [1.54, 1.807) is 12.1 Å². The smallest absolute Gasteiger partial charge is 0.338 e. The highest BCUT2D eigenvalue weighted by molar-refractivity contribution is 7.91. The lowest BCUT2D eigenvalue weighted by Gasteiger charge is -2.29. The summed E-state index contributed by atoms with van der Waals surface area (Å²) >= 11 is 0. The Morgan fingerprint density at radius 1 is 1.09 bits per heavy atom. The SMILES string of the molecule is COC(=O)C1=C(CS(=O)(=O)c2ccc(CC(C)C)cc2)NC(=O)N[C@H]1c1ccc(O)cc1. The Hall–Kier alpha value is -3.33. The lowest BCUT2D eigenvalue weighted by molar-refractivity contribution is -0.136. The Labute approximate surface area is 187 Å². The van der Waals surface area contributed by atoms with Gasteiger partial charge < -0.3 is 20.5 Å². The summed E-state index contributed by atoms with van der Waals surface area (Å²) in [4.78, 5) is 25.0. The van der Waals surface area contributed by atoms with E-state index in [4.69, 9.17) is 4.74 Å². The number of phenols is 1. The third kappa shape index (κ3) is 5.28. The van der Waals surface area contributed by atoms with Gasteiger partial charge in [-0.1, -0.05) is 38.1 Å². The number of rotatable bonds is 7. The second-order valence-corrected chi connectivity index (χ2v) is 10.00. The fourth-order valence-electron chi connectivity index (χ4n) is 3.58. The van der Waals surface area contributed by atoms with Crippen LogP contribution in [0, 0.1) is 5.92 Å². The van der Waals surface area contributed by atoms with Crippen molar-refractivity contribution in [3.8, 4) is 5.75 Å². The molecule has 0 saturated carbocycles. The first kappa shape index (κ1) is 23.3. The van der Waals surface area contributed by atoms with Crippen molar-refractivity contribution < 1.29 is 27.9 Å². The predicted octanol–water partition coefficient (Wildman–Crippen LogP) is 2.85. The maximum Gasteiger partial charge on any atom is 0.338 e. The van der Waals surface area contributed by atoms with Crippen molar-refractivity contribution in [3.63, 3.8) is 0 Å². The van der Waals surface area contributed by atoms with Crippen molar-refractivity contribution in [1.29, 1.82) is 0 Å². The van der Waals surface area contributed by atoms with Crippen LogP contribution in [0.2, 0.25) is 0 Å². The van der Waals surface area contributed by atoms with E-state index in [0.29, 0.717) is 11.5 Å². The number of nitrogens with one attached hydrogen (secondary N) is 2. The number of aromatic hydroxyl groups is 1. The fraction of sp³-hybridized carbons (Fsp3) is 0.304. The number of phenolic OH excluding ortho intramolecular Hbond substituents is 1. The molecule has 0 unspecified atom stereocenters. The van der Waals surface area contributed by atoms with Crippen LogP contribution in [0.25, 0.3) is 0 Å². The van der Waals surface area contributed by atoms with Crippen molar-refractivity contribution in [1.82, 2.24) is 10.6 Å². The second kappa shape index (κ2) is 9.44. The highest BCUT2D eigenvalue weighted by Gasteiger charge is 2.35. The summed E-state index contributed by atoms with van der Waals surface area (Å²) in [5, 5.41) is 14.6. The molecule has 0 bridgehead atoms. The molecule has 1 aliphatic heterocycles. The molecule has 1 atom stereocenters. The molecule has 2 amide bonds. The van der Waals surface area contributed by atoms with Crippen LogP contribution in [0.1, 0.15) is 31.0 Å². The quantitative estimate of drug-likeness (QED) is 0.549. The van der Waals surface area contributed by atoms with E-state index in [9.17, 15) is 23.1 Å². The van der Waals surface area contributed by atoms with Crippen molar-refractivity contribution in [2.45, 2.75) is 31.2 Å². The van der Waals surface area contributed by atoms with E-state index in [1.165, 1.54) is 43.5 Å². The summed E-state index contributed by atoms with van der Waals surface area (Å²) in [6.07, 6.45) is 0.827. The monoisotopic (exact) mass is 458 g/mol. The van der Waals surface area contributed by atoms with Gasteiger partial charge in [0.05, 0.1) is 29.4 Å². The number of sulfone groups is 1. The maximum atomic E-state index is 13.1. The van der Waals surface area contributed by atoms with Gasteiger partial charge >= 0.3 is 12.0 Å². The van der Waals surface area contributed by atoms with Crippen molar-refractivity contribution in [2.75, 3.05) is 12.9 Å². The number of hydrogen-bond donors (Lipinski definition) is 3. The Kier molecular flexibility index (Phi) is 6.88. The average molecular weight is 459 g/mol. The van der Waals surface area contributed by atoms with Gasteiger partial charge in [-0.05, 0) is 47.7 Å². The average Bonchev–Trinajstić information content (AvgIpc) is 2.73. The zero-order chi connectivity index (χ0) is 23.5. The van der Waals surface area contributed by atoms with Crippen LogP contribution in [-0.2, 0) is 25.8 Å². The van der Waals surface area contributed by atoms with Crippen LogP contribution >= 0.6 is 0 Å². The summed E-state index contributed by atoms with van der Waals surface area (Å²) in [5.41, 5.74) is 1.45. The van der Waals surface area contributed by atoms with Gasteiger partial charge in [-0.3, -0.25) is 0 Å². The number of hydrogen-bond acceptors (Lipinski definition) is 6. The molecule has 32 heavy (non-hydrogen) atoms. The number of carbonyl (C=O) groups is 2. The first-order chi connectivity index (χ1) is 15.1. The molecule has 0 saturated heterocycles. The van der Waals surface area contributed by atoms with E-state index >= 15 is 0 Å². The molecular formula is C23H26N2O6S. The number of esters is 1. The van der Waals surface area contributed by atoms with Crippen LogP contribution in [0.15, 0.2) is 64.7 Å². The van der Waals surface area contributed by atoms with Crippen LogP contribution < -0.4 is 10.6 Å². The van der Waals surface area contributed by atoms with Crippen LogP contribution in [-0.4, -0.2) is 38.4 Å².